The van der Waals surface area contributed by atoms with Gasteiger partial charge in [-0.1, -0.05) is 0 Å². The Morgan fingerprint density at radius 2 is 2.33 bits per heavy atom. The topological polar surface area (TPSA) is 76.7 Å². The minimum absolute atomic E-state index is 0.118. The van der Waals surface area contributed by atoms with Gasteiger partial charge in [0.1, 0.15) is 10.9 Å². The Kier molecular flexibility index (Phi) is 5.50. The van der Waals surface area contributed by atoms with Crippen molar-refractivity contribution in [3.8, 4) is 0 Å². The van der Waals surface area contributed by atoms with E-state index in [9.17, 15) is 9.59 Å². The van der Waals surface area contributed by atoms with E-state index in [2.05, 4.69) is 10.6 Å². The van der Waals surface area contributed by atoms with E-state index in [0.717, 1.165) is 15.0 Å². The lowest BCUT2D eigenvalue weighted by Gasteiger charge is -2.29. The summed E-state index contributed by atoms with van der Waals surface area (Å²) in [4.78, 5) is 25.2. The van der Waals surface area contributed by atoms with Crippen LogP contribution in [0.15, 0.2) is 11.4 Å². The van der Waals surface area contributed by atoms with E-state index in [1.807, 2.05) is 18.4 Å². The fraction of sp³-hybridized carbons (Fsp3) is 0.500. The normalized spacial score (nSPS) is 20.9. The van der Waals surface area contributed by atoms with E-state index < -0.39 is 0 Å². The van der Waals surface area contributed by atoms with Crippen LogP contribution in [0.25, 0.3) is 9.40 Å². The number of fused-ring (bicyclic) bond motifs is 1. The molecule has 0 bridgehead atoms. The van der Waals surface area contributed by atoms with Crippen molar-refractivity contribution in [3.63, 3.8) is 0 Å². The van der Waals surface area contributed by atoms with Gasteiger partial charge in [-0.2, -0.15) is 0 Å². The summed E-state index contributed by atoms with van der Waals surface area (Å²) in [7, 11) is 0. The van der Waals surface area contributed by atoms with Crippen LogP contribution in [0, 0.1) is 0 Å². The molecule has 130 valence electrons. The maximum atomic E-state index is 12.4. The minimum atomic E-state index is -0.373. The average Bonchev–Trinajstić information content (AvgIpc) is 3.14. The molecule has 24 heavy (non-hydrogen) atoms. The summed E-state index contributed by atoms with van der Waals surface area (Å²) in [5, 5.41) is 8.08. The molecular formula is C16H20N2O4S2. The first-order chi connectivity index (χ1) is 11.6. The van der Waals surface area contributed by atoms with Crippen LogP contribution in [-0.4, -0.2) is 43.8 Å². The standard InChI is InChI=1S/C16H20N2O4S2/c1-3-21-16(20)14-10(13-11(24-14)4-7-23-13)8-18-15(19)12-9(2)22-6-5-17-12/h4,7,9,12,17H,3,5-6,8H2,1-2H3,(H,18,19)/t9-,12+/m1/s1. The number of carbonyl (C=O) groups excluding carboxylic acids is 2. The zero-order chi connectivity index (χ0) is 17.1. The largest absolute Gasteiger partial charge is 0.462 e. The highest BCUT2D eigenvalue weighted by molar-refractivity contribution is 7.28. The van der Waals surface area contributed by atoms with Gasteiger partial charge in [-0.3, -0.25) is 4.79 Å². The molecule has 6 nitrogen and oxygen atoms in total. The Morgan fingerprint density at radius 3 is 3.08 bits per heavy atom. The summed E-state index contributed by atoms with van der Waals surface area (Å²) in [6.07, 6.45) is -0.174. The predicted octanol–water partition coefficient (Wildman–Crippen LogP) is 2.13. The molecule has 3 rings (SSSR count). The first kappa shape index (κ1) is 17.3. The van der Waals surface area contributed by atoms with Gasteiger partial charge in [-0.05, 0) is 25.3 Å². The van der Waals surface area contributed by atoms with Crippen LogP contribution in [-0.2, 0) is 20.8 Å². The van der Waals surface area contributed by atoms with Crippen LogP contribution in [0.5, 0.6) is 0 Å². The number of amides is 1. The number of rotatable bonds is 5. The second-order valence-corrected chi connectivity index (χ2v) is 7.44. The Bertz CT molecular complexity index is 740. The molecule has 0 aliphatic carbocycles. The number of esters is 1. The molecule has 2 aromatic heterocycles. The van der Waals surface area contributed by atoms with Crippen LogP contribution in [0.3, 0.4) is 0 Å². The highest BCUT2D eigenvalue weighted by Crippen LogP contribution is 2.35. The van der Waals surface area contributed by atoms with Gasteiger partial charge < -0.3 is 20.1 Å². The number of morpholine rings is 1. The molecule has 2 N–H and O–H groups in total. The van der Waals surface area contributed by atoms with E-state index >= 15 is 0 Å². The number of thiophene rings is 2. The Hall–Kier alpha value is -1.48. The monoisotopic (exact) mass is 368 g/mol. The third-order valence-corrected chi connectivity index (χ3v) is 6.17. The van der Waals surface area contributed by atoms with Gasteiger partial charge in [0.05, 0.1) is 24.0 Å². The SMILES string of the molecule is CCOC(=O)c1sc2ccsc2c1CNC(=O)[C@H]1NCCO[C@@H]1C. The molecule has 0 spiro atoms. The summed E-state index contributed by atoms with van der Waals surface area (Å²) >= 11 is 2.98. The van der Waals surface area contributed by atoms with Crippen molar-refractivity contribution in [3.05, 3.63) is 21.9 Å². The lowest BCUT2D eigenvalue weighted by Crippen LogP contribution is -2.55. The van der Waals surface area contributed by atoms with Crippen molar-refractivity contribution in [2.75, 3.05) is 19.8 Å². The van der Waals surface area contributed by atoms with Gasteiger partial charge in [0.15, 0.2) is 0 Å². The van der Waals surface area contributed by atoms with E-state index in [1.165, 1.54) is 11.3 Å². The smallest absolute Gasteiger partial charge is 0.348 e. The molecule has 0 radical (unpaired) electrons. The molecule has 3 heterocycles. The molecule has 2 atom stereocenters. The third kappa shape index (κ3) is 3.46. The summed E-state index contributed by atoms with van der Waals surface area (Å²) < 4.78 is 12.7. The van der Waals surface area contributed by atoms with Crippen molar-refractivity contribution in [2.24, 2.45) is 0 Å². The minimum Gasteiger partial charge on any atom is -0.462 e. The van der Waals surface area contributed by atoms with E-state index in [0.29, 0.717) is 31.2 Å². The van der Waals surface area contributed by atoms with Gasteiger partial charge in [0.2, 0.25) is 5.91 Å². The molecule has 1 saturated heterocycles. The molecular weight excluding hydrogens is 348 g/mol. The van der Waals surface area contributed by atoms with Gasteiger partial charge >= 0.3 is 5.97 Å². The highest BCUT2D eigenvalue weighted by Gasteiger charge is 2.29. The lowest BCUT2D eigenvalue weighted by atomic mass is 10.1. The first-order valence-electron chi connectivity index (χ1n) is 7.90. The van der Waals surface area contributed by atoms with Crippen molar-refractivity contribution >= 4 is 43.9 Å². The molecule has 1 fully saturated rings. The zero-order valence-electron chi connectivity index (χ0n) is 13.6. The maximum absolute atomic E-state index is 12.4. The Balaban J connectivity index is 1.76. The molecule has 0 aromatic carbocycles. The van der Waals surface area contributed by atoms with Crippen LogP contribution in [0.4, 0.5) is 0 Å². The predicted molar refractivity (Wildman–Crippen MR) is 94.7 cm³/mol. The first-order valence-corrected chi connectivity index (χ1v) is 9.60. The fourth-order valence-electron chi connectivity index (χ4n) is 2.71. The molecule has 1 aliphatic heterocycles. The molecule has 0 saturated carbocycles. The van der Waals surface area contributed by atoms with Gasteiger partial charge in [-0.15, -0.1) is 22.7 Å². The molecule has 8 heteroatoms. The molecule has 1 aliphatic rings. The summed E-state index contributed by atoms with van der Waals surface area (Å²) in [6, 6.07) is 1.61. The van der Waals surface area contributed by atoms with Crippen molar-refractivity contribution in [1.82, 2.24) is 10.6 Å². The van der Waals surface area contributed by atoms with E-state index in [4.69, 9.17) is 9.47 Å². The summed E-state index contributed by atoms with van der Waals surface area (Å²) in [5.74, 6) is -0.449. The van der Waals surface area contributed by atoms with Gasteiger partial charge in [-0.25, -0.2) is 4.79 Å². The number of carbonyl (C=O) groups is 2. The number of hydrogen-bond donors (Lipinski definition) is 2. The molecule has 1 amide bonds. The second-order valence-electron chi connectivity index (χ2n) is 5.47. The van der Waals surface area contributed by atoms with Crippen LogP contribution < -0.4 is 10.6 Å². The number of hydrogen-bond acceptors (Lipinski definition) is 7. The zero-order valence-corrected chi connectivity index (χ0v) is 15.2. The third-order valence-electron chi connectivity index (χ3n) is 3.89. The highest BCUT2D eigenvalue weighted by atomic mass is 32.1. The Morgan fingerprint density at radius 1 is 1.50 bits per heavy atom. The van der Waals surface area contributed by atoms with E-state index in [1.54, 1.807) is 18.3 Å². The average molecular weight is 368 g/mol. The van der Waals surface area contributed by atoms with Crippen LogP contribution in [0.1, 0.15) is 29.1 Å². The van der Waals surface area contributed by atoms with Crippen LogP contribution >= 0.6 is 22.7 Å². The quantitative estimate of drug-likeness (QED) is 0.791. The van der Waals surface area contributed by atoms with E-state index in [-0.39, 0.29) is 24.0 Å². The van der Waals surface area contributed by atoms with Crippen LogP contribution in [0.2, 0.25) is 0 Å². The van der Waals surface area contributed by atoms with Crippen molar-refractivity contribution in [2.45, 2.75) is 32.5 Å². The summed E-state index contributed by atoms with van der Waals surface area (Å²) in [6.45, 7) is 5.56. The van der Waals surface area contributed by atoms with Gasteiger partial charge in [0, 0.05) is 23.4 Å². The van der Waals surface area contributed by atoms with Gasteiger partial charge in [0.25, 0.3) is 0 Å². The Labute approximate surface area is 148 Å². The summed E-state index contributed by atoms with van der Waals surface area (Å²) in [5.41, 5.74) is 0.834. The second kappa shape index (κ2) is 7.60. The molecule has 0 unspecified atom stereocenters. The van der Waals surface area contributed by atoms with Crippen molar-refractivity contribution < 1.29 is 19.1 Å². The van der Waals surface area contributed by atoms with Crippen molar-refractivity contribution in [1.29, 1.82) is 0 Å². The number of nitrogens with one attached hydrogen (secondary N) is 2. The maximum Gasteiger partial charge on any atom is 0.348 e. The fourth-order valence-corrected chi connectivity index (χ4v) is 4.98. The molecule has 2 aromatic rings. The lowest BCUT2D eigenvalue weighted by molar-refractivity contribution is -0.129. The number of ether oxygens (including phenoxy) is 2.